The highest BCUT2D eigenvalue weighted by atomic mass is 19.1. The molecule has 0 aliphatic carbocycles. The van der Waals surface area contributed by atoms with Gasteiger partial charge in [-0.25, -0.2) is 9.37 Å². The normalized spacial score (nSPS) is 18.8. The molecule has 0 bridgehead atoms. The zero-order valence-corrected chi connectivity index (χ0v) is 14.2. The molecule has 1 unspecified atom stereocenters. The summed E-state index contributed by atoms with van der Waals surface area (Å²) >= 11 is 0. The second-order valence-corrected chi connectivity index (χ2v) is 6.47. The molecule has 1 aromatic heterocycles. The quantitative estimate of drug-likeness (QED) is 0.940. The Morgan fingerprint density at radius 3 is 2.79 bits per heavy atom. The van der Waals surface area contributed by atoms with Crippen LogP contribution < -0.4 is 4.90 Å². The van der Waals surface area contributed by atoms with Crippen molar-refractivity contribution in [1.29, 1.82) is 0 Å². The van der Waals surface area contributed by atoms with Crippen LogP contribution in [0.3, 0.4) is 0 Å². The lowest BCUT2D eigenvalue weighted by Crippen LogP contribution is -2.41. The van der Waals surface area contributed by atoms with Gasteiger partial charge in [0.25, 0.3) is 0 Å². The number of halogens is 1. The number of hydrogen-bond acceptors (Lipinski definition) is 4. The van der Waals surface area contributed by atoms with Gasteiger partial charge in [-0.15, -0.1) is 0 Å². The first kappa shape index (κ1) is 16.9. The maximum absolute atomic E-state index is 14.0. The standard InChI is InChI=1S/C19H24FN3O/c1-14-7-8-16-12-23(11-15-5-3-4-6-18(15)20)10-9-17(13-24)22(2)19(16)21-14/h3-8,17,24H,9-13H2,1-2H3. The Kier molecular flexibility index (Phi) is 5.11. The maximum Gasteiger partial charge on any atom is 0.133 e. The molecule has 5 heteroatoms. The average molecular weight is 329 g/mol. The summed E-state index contributed by atoms with van der Waals surface area (Å²) in [6.45, 7) is 4.13. The Balaban J connectivity index is 1.90. The van der Waals surface area contributed by atoms with Crippen molar-refractivity contribution in [3.8, 4) is 0 Å². The van der Waals surface area contributed by atoms with Crippen LogP contribution in [0.5, 0.6) is 0 Å². The molecule has 0 amide bonds. The van der Waals surface area contributed by atoms with Crippen molar-refractivity contribution in [2.24, 2.45) is 0 Å². The van der Waals surface area contributed by atoms with E-state index in [-0.39, 0.29) is 18.5 Å². The van der Waals surface area contributed by atoms with Crippen LogP contribution in [0.25, 0.3) is 0 Å². The highest BCUT2D eigenvalue weighted by Crippen LogP contribution is 2.26. The van der Waals surface area contributed by atoms with Crippen LogP contribution in [0.15, 0.2) is 36.4 Å². The highest BCUT2D eigenvalue weighted by Gasteiger charge is 2.24. The third-order valence-corrected chi connectivity index (χ3v) is 4.71. The van der Waals surface area contributed by atoms with E-state index in [4.69, 9.17) is 0 Å². The molecule has 1 N–H and O–H groups in total. The van der Waals surface area contributed by atoms with Gasteiger partial charge in [-0.3, -0.25) is 4.90 Å². The first-order valence-electron chi connectivity index (χ1n) is 8.34. The van der Waals surface area contributed by atoms with Crippen LogP contribution in [-0.4, -0.2) is 41.2 Å². The number of rotatable bonds is 3. The fraction of sp³-hybridized carbons (Fsp3) is 0.421. The fourth-order valence-electron chi connectivity index (χ4n) is 3.24. The Morgan fingerprint density at radius 2 is 2.04 bits per heavy atom. The van der Waals surface area contributed by atoms with Crippen molar-refractivity contribution < 1.29 is 9.50 Å². The Labute approximate surface area is 142 Å². The average Bonchev–Trinajstić information content (AvgIpc) is 2.57. The zero-order chi connectivity index (χ0) is 17.1. The largest absolute Gasteiger partial charge is 0.394 e. The number of pyridine rings is 1. The second kappa shape index (κ2) is 7.28. The minimum Gasteiger partial charge on any atom is -0.394 e. The van der Waals surface area contributed by atoms with E-state index in [2.05, 4.69) is 20.9 Å². The molecule has 2 aromatic rings. The van der Waals surface area contributed by atoms with Gasteiger partial charge in [0.15, 0.2) is 0 Å². The van der Waals surface area contributed by atoms with E-state index in [1.165, 1.54) is 6.07 Å². The molecular weight excluding hydrogens is 305 g/mol. The van der Waals surface area contributed by atoms with Crippen LogP contribution >= 0.6 is 0 Å². The van der Waals surface area contributed by atoms with Crippen molar-refractivity contribution in [2.45, 2.75) is 32.5 Å². The predicted octanol–water partition coefficient (Wildman–Crippen LogP) is 2.73. The minimum absolute atomic E-state index is 0.0153. The SMILES string of the molecule is Cc1ccc2c(n1)N(C)C(CO)CCN(Cc1ccccc1F)C2. The van der Waals surface area contributed by atoms with E-state index < -0.39 is 0 Å². The molecule has 24 heavy (non-hydrogen) atoms. The number of anilines is 1. The first-order chi connectivity index (χ1) is 11.6. The van der Waals surface area contributed by atoms with Crippen LogP contribution in [0.2, 0.25) is 0 Å². The van der Waals surface area contributed by atoms with Gasteiger partial charge in [-0.05, 0) is 25.5 Å². The topological polar surface area (TPSA) is 39.6 Å². The number of aliphatic hydroxyl groups is 1. The monoisotopic (exact) mass is 329 g/mol. The molecule has 1 aromatic carbocycles. The molecule has 1 atom stereocenters. The van der Waals surface area contributed by atoms with Crippen LogP contribution in [-0.2, 0) is 13.1 Å². The number of aliphatic hydroxyl groups excluding tert-OH is 1. The van der Waals surface area contributed by atoms with Gasteiger partial charge in [-0.2, -0.15) is 0 Å². The van der Waals surface area contributed by atoms with Gasteiger partial charge in [-0.1, -0.05) is 24.3 Å². The summed E-state index contributed by atoms with van der Waals surface area (Å²) < 4.78 is 14.0. The number of nitrogens with zero attached hydrogens (tertiary/aromatic N) is 3. The number of aryl methyl sites for hydroxylation is 1. The molecule has 0 spiro atoms. The molecule has 128 valence electrons. The number of benzene rings is 1. The van der Waals surface area contributed by atoms with Crippen LogP contribution in [0.4, 0.5) is 10.2 Å². The van der Waals surface area contributed by atoms with Gasteiger partial charge in [0.05, 0.1) is 12.6 Å². The van der Waals surface area contributed by atoms with E-state index >= 15 is 0 Å². The number of aromatic nitrogens is 1. The molecule has 3 rings (SSSR count). The minimum atomic E-state index is -0.169. The van der Waals surface area contributed by atoms with E-state index in [1.54, 1.807) is 6.07 Å². The molecule has 0 fully saturated rings. The number of likely N-dealkylation sites (N-methyl/N-ethyl adjacent to an activating group) is 1. The Bertz CT molecular complexity index is 707. The first-order valence-corrected chi connectivity index (χ1v) is 8.34. The molecule has 4 nitrogen and oxygen atoms in total. The highest BCUT2D eigenvalue weighted by molar-refractivity contribution is 5.48. The number of hydrogen-bond donors (Lipinski definition) is 1. The summed E-state index contributed by atoms with van der Waals surface area (Å²) in [4.78, 5) is 8.97. The van der Waals surface area contributed by atoms with E-state index in [1.807, 2.05) is 32.2 Å². The van der Waals surface area contributed by atoms with Crippen molar-refractivity contribution in [3.05, 3.63) is 59.0 Å². The van der Waals surface area contributed by atoms with Crippen LogP contribution in [0.1, 0.15) is 23.2 Å². The summed E-state index contributed by atoms with van der Waals surface area (Å²) in [5.74, 6) is 0.741. The zero-order valence-electron chi connectivity index (χ0n) is 14.2. The van der Waals surface area contributed by atoms with Gasteiger partial charge in [0.2, 0.25) is 0 Å². The molecule has 1 aliphatic rings. The Hall–Kier alpha value is -1.98. The van der Waals surface area contributed by atoms with Crippen molar-refractivity contribution >= 4 is 5.82 Å². The fourth-order valence-corrected chi connectivity index (χ4v) is 3.24. The summed E-state index contributed by atoms with van der Waals surface area (Å²) in [5, 5.41) is 9.75. The van der Waals surface area contributed by atoms with Gasteiger partial charge < -0.3 is 10.0 Å². The maximum atomic E-state index is 14.0. The molecule has 0 radical (unpaired) electrons. The molecular formula is C19H24FN3O. The summed E-state index contributed by atoms with van der Waals surface area (Å²) in [7, 11) is 1.98. The smallest absolute Gasteiger partial charge is 0.133 e. The van der Waals surface area contributed by atoms with Gasteiger partial charge in [0.1, 0.15) is 11.6 Å². The third-order valence-electron chi connectivity index (χ3n) is 4.71. The lowest BCUT2D eigenvalue weighted by Gasteiger charge is -2.35. The van der Waals surface area contributed by atoms with E-state index in [9.17, 15) is 9.50 Å². The summed E-state index contributed by atoms with van der Waals surface area (Å²) in [6, 6.07) is 11.0. The summed E-state index contributed by atoms with van der Waals surface area (Å²) in [6.07, 6.45) is 0.816. The predicted molar refractivity (Wildman–Crippen MR) is 93.4 cm³/mol. The number of fused-ring (bicyclic) bond motifs is 1. The lowest BCUT2D eigenvalue weighted by molar-refractivity contribution is 0.204. The molecule has 0 saturated carbocycles. The summed E-state index contributed by atoms with van der Waals surface area (Å²) in [5.41, 5.74) is 2.77. The van der Waals surface area contributed by atoms with Gasteiger partial charge >= 0.3 is 0 Å². The van der Waals surface area contributed by atoms with Gasteiger partial charge in [0, 0.05) is 43.5 Å². The van der Waals surface area contributed by atoms with Crippen molar-refractivity contribution in [2.75, 3.05) is 25.1 Å². The van der Waals surface area contributed by atoms with Crippen LogP contribution in [0, 0.1) is 12.7 Å². The third kappa shape index (κ3) is 3.57. The second-order valence-electron chi connectivity index (χ2n) is 6.47. The molecule has 1 aliphatic heterocycles. The molecule has 0 saturated heterocycles. The Morgan fingerprint density at radius 1 is 1.25 bits per heavy atom. The lowest BCUT2D eigenvalue weighted by atomic mass is 10.1. The van der Waals surface area contributed by atoms with Crippen molar-refractivity contribution in [1.82, 2.24) is 9.88 Å². The van der Waals surface area contributed by atoms with Crippen molar-refractivity contribution in [3.63, 3.8) is 0 Å². The van der Waals surface area contributed by atoms with E-state index in [0.29, 0.717) is 12.1 Å². The molecule has 2 heterocycles. The van der Waals surface area contributed by atoms with E-state index in [0.717, 1.165) is 36.6 Å².